The van der Waals surface area contributed by atoms with Crippen LogP contribution in [0.25, 0.3) is 10.9 Å². The number of hydrogen-bond acceptors (Lipinski definition) is 6. The Bertz CT molecular complexity index is 1180. The van der Waals surface area contributed by atoms with Crippen molar-refractivity contribution in [2.24, 2.45) is 18.9 Å². The molecule has 3 atom stereocenters. The molecule has 1 aromatic heterocycles. The molecule has 9 heteroatoms. The first kappa shape index (κ1) is 27.9. The van der Waals surface area contributed by atoms with Gasteiger partial charge in [-0.05, 0) is 70.4 Å². The van der Waals surface area contributed by atoms with Crippen molar-refractivity contribution in [1.29, 1.82) is 0 Å². The first-order valence-corrected chi connectivity index (χ1v) is 14.9. The molecule has 1 aromatic carbocycles. The number of hydrogen-bond donors (Lipinski definition) is 2. The molecule has 2 amide bonds. The van der Waals surface area contributed by atoms with Gasteiger partial charge >= 0.3 is 0 Å². The largest absolute Gasteiger partial charge is 0.381 e. The van der Waals surface area contributed by atoms with Crippen LogP contribution in [0.5, 0.6) is 0 Å². The second-order valence-corrected chi connectivity index (χ2v) is 11.9. The summed E-state index contributed by atoms with van der Waals surface area (Å²) >= 11 is 0. The number of carbonyl (C=O) groups is 2. The molecule has 3 aliphatic rings. The van der Waals surface area contributed by atoms with E-state index >= 15 is 0 Å². The highest BCUT2D eigenvalue weighted by atomic mass is 16.5. The number of amides is 2. The Morgan fingerprint density at radius 3 is 2.59 bits per heavy atom. The van der Waals surface area contributed by atoms with Crippen molar-refractivity contribution < 1.29 is 14.3 Å². The molecule has 2 N–H and O–H groups in total. The second-order valence-electron chi connectivity index (χ2n) is 11.9. The molecular weight excluding hydrogens is 492 g/mol. The average Bonchev–Trinajstić information content (AvgIpc) is 3.30. The number of nitrogens with zero attached hydrogens (tertiary/aromatic N) is 4. The Balaban J connectivity index is 1.37. The van der Waals surface area contributed by atoms with Gasteiger partial charge in [0, 0.05) is 75.5 Å². The van der Waals surface area contributed by atoms with Gasteiger partial charge in [0.1, 0.15) is 0 Å². The van der Waals surface area contributed by atoms with Crippen LogP contribution >= 0.6 is 0 Å². The molecule has 3 saturated heterocycles. The number of carbonyl (C=O) groups excluding carboxylic acids is 2. The lowest BCUT2D eigenvalue weighted by Crippen LogP contribution is -2.50. The van der Waals surface area contributed by atoms with E-state index in [-0.39, 0.29) is 29.7 Å². The lowest BCUT2D eigenvalue weighted by molar-refractivity contribution is -0.129. The Morgan fingerprint density at radius 2 is 1.92 bits per heavy atom. The standard InChI is InChI=1S/C30H46N6O3/c1-6-36(23-7-11-35(12-8-23)22-9-13-39-14-10-22)28-21(4)24(16-27-26(28)18-32-34(27)5)29(37)31-17-25-19(2)15-20(3)33-30(25)38/h16,18-20,22-23,25H,6-15,17H2,1-5H3,(H,31,37)(H,33,38). The average molecular weight is 539 g/mol. The van der Waals surface area contributed by atoms with Crippen LogP contribution in [0.2, 0.25) is 0 Å². The summed E-state index contributed by atoms with van der Waals surface area (Å²) in [5.41, 5.74) is 3.72. The number of nitrogens with one attached hydrogen (secondary N) is 2. The first-order chi connectivity index (χ1) is 18.8. The Labute approximate surface area is 232 Å². The predicted octanol–water partition coefficient (Wildman–Crippen LogP) is 3.24. The summed E-state index contributed by atoms with van der Waals surface area (Å²) in [6.45, 7) is 13.6. The number of ether oxygens (including phenoxy) is 1. The van der Waals surface area contributed by atoms with Crippen LogP contribution in [0.3, 0.4) is 0 Å². The summed E-state index contributed by atoms with van der Waals surface area (Å²) in [5, 5.41) is 11.8. The minimum atomic E-state index is -0.210. The topological polar surface area (TPSA) is 91.7 Å². The third kappa shape index (κ3) is 5.66. The molecule has 5 rings (SSSR count). The van der Waals surface area contributed by atoms with Gasteiger partial charge in [0.05, 0.1) is 23.3 Å². The smallest absolute Gasteiger partial charge is 0.251 e. The molecule has 0 radical (unpaired) electrons. The maximum Gasteiger partial charge on any atom is 0.251 e. The van der Waals surface area contributed by atoms with E-state index in [9.17, 15) is 9.59 Å². The number of piperidine rings is 2. The fourth-order valence-electron chi connectivity index (χ4n) is 7.17. The van der Waals surface area contributed by atoms with Gasteiger partial charge in [-0.25, -0.2) is 0 Å². The number of rotatable bonds is 7. The van der Waals surface area contributed by atoms with E-state index in [1.165, 1.54) is 0 Å². The summed E-state index contributed by atoms with van der Waals surface area (Å²) in [7, 11) is 1.93. The van der Waals surface area contributed by atoms with Crippen molar-refractivity contribution in [3.8, 4) is 0 Å². The Hall–Kier alpha value is -2.65. The Kier molecular flexibility index (Phi) is 8.47. The van der Waals surface area contributed by atoms with E-state index in [1.807, 2.05) is 30.9 Å². The summed E-state index contributed by atoms with van der Waals surface area (Å²) in [5.74, 6) is -0.0718. The third-order valence-corrected chi connectivity index (χ3v) is 9.42. The maximum atomic E-state index is 13.6. The maximum absolute atomic E-state index is 13.6. The number of anilines is 1. The fourth-order valence-corrected chi connectivity index (χ4v) is 7.17. The van der Waals surface area contributed by atoms with Gasteiger partial charge < -0.3 is 25.2 Å². The molecule has 0 aliphatic carbocycles. The van der Waals surface area contributed by atoms with E-state index in [1.54, 1.807) is 0 Å². The summed E-state index contributed by atoms with van der Waals surface area (Å²) in [6, 6.07) is 3.20. The fraction of sp³-hybridized carbons (Fsp3) is 0.700. The molecule has 4 heterocycles. The van der Waals surface area contributed by atoms with Crippen LogP contribution in [-0.4, -0.2) is 84.0 Å². The van der Waals surface area contributed by atoms with Crippen molar-refractivity contribution in [2.75, 3.05) is 44.3 Å². The van der Waals surface area contributed by atoms with E-state index in [0.29, 0.717) is 24.2 Å². The highest BCUT2D eigenvalue weighted by molar-refractivity contribution is 6.05. The normalized spacial score (nSPS) is 25.6. The van der Waals surface area contributed by atoms with Gasteiger partial charge in [-0.15, -0.1) is 0 Å². The molecule has 3 fully saturated rings. The predicted molar refractivity (Wildman–Crippen MR) is 154 cm³/mol. The highest BCUT2D eigenvalue weighted by Crippen LogP contribution is 2.36. The molecule has 39 heavy (non-hydrogen) atoms. The lowest BCUT2D eigenvalue weighted by atomic mass is 9.84. The van der Waals surface area contributed by atoms with E-state index in [2.05, 4.69) is 46.3 Å². The molecular formula is C30H46N6O3. The molecule has 0 bridgehead atoms. The van der Waals surface area contributed by atoms with Gasteiger partial charge in [-0.3, -0.25) is 14.3 Å². The minimum Gasteiger partial charge on any atom is -0.381 e. The molecule has 214 valence electrons. The number of benzene rings is 1. The molecule has 3 unspecified atom stereocenters. The number of aryl methyl sites for hydroxylation is 1. The van der Waals surface area contributed by atoms with Crippen molar-refractivity contribution >= 4 is 28.4 Å². The van der Waals surface area contributed by atoms with Crippen molar-refractivity contribution in [1.82, 2.24) is 25.3 Å². The molecule has 3 aliphatic heterocycles. The zero-order chi connectivity index (χ0) is 27.7. The second kappa shape index (κ2) is 11.8. The number of likely N-dealkylation sites (tertiary alicyclic amines) is 1. The highest BCUT2D eigenvalue weighted by Gasteiger charge is 2.34. The van der Waals surface area contributed by atoms with Crippen LogP contribution in [0.1, 0.15) is 68.8 Å². The van der Waals surface area contributed by atoms with Crippen LogP contribution < -0.4 is 15.5 Å². The summed E-state index contributed by atoms with van der Waals surface area (Å²) in [4.78, 5) is 31.4. The van der Waals surface area contributed by atoms with Gasteiger partial charge in [0.2, 0.25) is 5.91 Å². The van der Waals surface area contributed by atoms with E-state index in [0.717, 1.165) is 87.1 Å². The van der Waals surface area contributed by atoms with E-state index in [4.69, 9.17) is 4.74 Å². The molecule has 9 nitrogen and oxygen atoms in total. The van der Waals surface area contributed by atoms with Crippen molar-refractivity contribution in [3.63, 3.8) is 0 Å². The van der Waals surface area contributed by atoms with E-state index < -0.39 is 0 Å². The minimum absolute atomic E-state index is 0.0327. The zero-order valence-electron chi connectivity index (χ0n) is 24.3. The molecule has 0 spiro atoms. The summed E-state index contributed by atoms with van der Waals surface area (Å²) < 4.78 is 7.44. The lowest BCUT2D eigenvalue weighted by Gasteiger charge is -2.43. The molecule has 0 saturated carbocycles. The van der Waals surface area contributed by atoms with Gasteiger partial charge in [-0.2, -0.15) is 5.10 Å². The van der Waals surface area contributed by atoms with Gasteiger partial charge in [0.25, 0.3) is 5.91 Å². The SMILES string of the molecule is CCN(c1c(C)c(C(=O)NCC2C(=O)NC(C)CC2C)cc2c1cnn2C)C1CCN(C2CCOCC2)CC1. The quantitative estimate of drug-likeness (QED) is 0.563. The van der Waals surface area contributed by atoms with Crippen molar-refractivity contribution in [2.45, 2.75) is 77.9 Å². The van der Waals surface area contributed by atoms with Gasteiger partial charge in [-0.1, -0.05) is 6.92 Å². The van der Waals surface area contributed by atoms with Gasteiger partial charge in [0.15, 0.2) is 0 Å². The number of fused-ring (bicyclic) bond motifs is 1. The van der Waals surface area contributed by atoms with Crippen LogP contribution in [-0.2, 0) is 16.6 Å². The zero-order valence-corrected chi connectivity index (χ0v) is 24.3. The van der Waals surface area contributed by atoms with Crippen molar-refractivity contribution in [3.05, 3.63) is 23.4 Å². The summed E-state index contributed by atoms with van der Waals surface area (Å²) in [6.07, 6.45) is 7.35. The first-order valence-electron chi connectivity index (χ1n) is 14.9. The number of aromatic nitrogens is 2. The van der Waals surface area contributed by atoms with Crippen LogP contribution in [0.15, 0.2) is 12.3 Å². The Morgan fingerprint density at radius 1 is 1.21 bits per heavy atom. The van der Waals surface area contributed by atoms with Crippen LogP contribution in [0, 0.1) is 18.8 Å². The molecule has 2 aromatic rings. The monoisotopic (exact) mass is 538 g/mol. The van der Waals surface area contributed by atoms with Crippen LogP contribution in [0.4, 0.5) is 5.69 Å². The third-order valence-electron chi connectivity index (χ3n) is 9.42.